The second-order valence-electron chi connectivity index (χ2n) is 5.26. The minimum atomic E-state index is -0.441. The Morgan fingerprint density at radius 3 is 2.95 bits per heavy atom. The topological polar surface area (TPSA) is 53.4 Å². The van der Waals surface area contributed by atoms with E-state index in [1.54, 1.807) is 6.07 Å². The molecule has 0 saturated carbocycles. The van der Waals surface area contributed by atoms with Gasteiger partial charge in [-0.1, -0.05) is 18.2 Å². The van der Waals surface area contributed by atoms with Crippen LogP contribution >= 0.6 is 0 Å². The van der Waals surface area contributed by atoms with Crippen molar-refractivity contribution in [3.63, 3.8) is 0 Å². The Labute approximate surface area is 126 Å². The number of ether oxygens (including phenoxy) is 2. The molecule has 0 radical (unpaired) electrons. The van der Waals surface area contributed by atoms with Gasteiger partial charge < -0.3 is 14.0 Å². The number of rotatable bonds is 1. The normalized spacial score (nSPS) is 13.6. The summed E-state index contributed by atoms with van der Waals surface area (Å²) in [6.07, 6.45) is 1.96. The predicted octanol–water partition coefficient (Wildman–Crippen LogP) is 3.32. The van der Waals surface area contributed by atoms with Crippen molar-refractivity contribution < 1.29 is 14.3 Å². The molecule has 0 aliphatic carbocycles. The Bertz CT molecular complexity index is 953. The molecule has 0 saturated heterocycles. The molecule has 3 heterocycles. The summed E-state index contributed by atoms with van der Waals surface area (Å²) >= 11 is 0. The average molecular weight is 294 g/mol. The molecule has 22 heavy (non-hydrogen) atoms. The van der Waals surface area contributed by atoms with E-state index in [-0.39, 0.29) is 0 Å². The molecule has 1 aromatic carbocycles. The van der Waals surface area contributed by atoms with E-state index in [4.69, 9.17) is 9.47 Å². The molecule has 0 fully saturated rings. The summed E-state index contributed by atoms with van der Waals surface area (Å²) in [6.45, 7) is 2.24. The van der Waals surface area contributed by atoms with Crippen molar-refractivity contribution in [2.45, 2.75) is 13.5 Å². The average Bonchev–Trinajstić information content (AvgIpc) is 2.75. The highest BCUT2D eigenvalue weighted by Crippen LogP contribution is 2.33. The number of para-hydroxylation sites is 1. The first-order valence-electron chi connectivity index (χ1n) is 7.01. The van der Waals surface area contributed by atoms with Gasteiger partial charge in [0.05, 0.1) is 18.1 Å². The second kappa shape index (κ2) is 4.59. The van der Waals surface area contributed by atoms with Gasteiger partial charge in [-0.2, -0.15) is 0 Å². The van der Waals surface area contributed by atoms with Crippen LogP contribution in [-0.2, 0) is 16.1 Å². The van der Waals surface area contributed by atoms with Crippen LogP contribution in [0.4, 0.5) is 0 Å². The Morgan fingerprint density at radius 1 is 1.32 bits per heavy atom. The molecule has 1 aliphatic heterocycles. The lowest BCUT2D eigenvalue weighted by Gasteiger charge is -2.06. The van der Waals surface area contributed by atoms with Crippen molar-refractivity contribution in [3.05, 3.63) is 47.5 Å². The number of hydrogen-bond acceptors (Lipinski definition) is 4. The molecular weight excluding hydrogens is 280 g/mol. The molecule has 1 aliphatic rings. The van der Waals surface area contributed by atoms with E-state index in [1.165, 1.54) is 7.11 Å². The highest BCUT2D eigenvalue weighted by atomic mass is 16.5. The van der Waals surface area contributed by atoms with Crippen LogP contribution in [0, 0.1) is 0 Å². The number of carbonyl (C=O) groups excluding carboxylic acids is 1. The molecule has 110 valence electrons. The van der Waals surface area contributed by atoms with Crippen LogP contribution < -0.4 is 0 Å². The number of allylic oxidation sites excluding steroid dienone is 1. The molecule has 4 rings (SSSR count). The minimum Gasteiger partial charge on any atom is -0.490 e. The zero-order valence-electron chi connectivity index (χ0n) is 12.3. The number of benzene rings is 1. The summed E-state index contributed by atoms with van der Waals surface area (Å²) < 4.78 is 12.6. The zero-order chi connectivity index (χ0) is 15.3. The Balaban J connectivity index is 2.18. The largest absolute Gasteiger partial charge is 0.490 e. The van der Waals surface area contributed by atoms with Gasteiger partial charge in [-0.25, -0.2) is 9.78 Å². The van der Waals surface area contributed by atoms with Crippen LogP contribution in [0.15, 0.2) is 36.1 Å². The highest BCUT2D eigenvalue weighted by molar-refractivity contribution is 6.11. The van der Waals surface area contributed by atoms with Gasteiger partial charge in [0.1, 0.15) is 23.8 Å². The van der Waals surface area contributed by atoms with E-state index in [0.717, 1.165) is 33.3 Å². The lowest BCUT2D eigenvalue weighted by Crippen LogP contribution is -2.07. The van der Waals surface area contributed by atoms with Crippen LogP contribution in [0.3, 0.4) is 0 Å². The number of aromatic nitrogens is 2. The molecule has 0 unspecified atom stereocenters. The fourth-order valence-corrected chi connectivity index (χ4v) is 2.94. The van der Waals surface area contributed by atoms with Gasteiger partial charge in [-0.3, -0.25) is 0 Å². The van der Waals surface area contributed by atoms with Crippen molar-refractivity contribution in [2.75, 3.05) is 7.11 Å². The molecule has 0 N–H and O–H groups in total. The van der Waals surface area contributed by atoms with Crippen molar-refractivity contribution in [2.24, 2.45) is 0 Å². The van der Waals surface area contributed by atoms with Crippen LogP contribution in [0.5, 0.6) is 0 Å². The van der Waals surface area contributed by atoms with Gasteiger partial charge in [-0.15, -0.1) is 0 Å². The summed E-state index contributed by atoms with van der Waals surface area (Å²) in [5.41, 5.74) is 3.08. The van der Waals surface area contributed by atoms with E-state index in [1.807, 2.05) is 37.4 Å². The molecule has 0 amide bonds. The quantitative estimate of drug-likeness (QED) is 0.646. The lowest BCUT2D eigenvalue weighted by molar-refractivity contribution is 0.0593. The summed E-state index contributed by atoms with van der Waals surface area (Å²) in [4.78, 5) is 16.3. The summed E-state index contributed by atoms with van der Waals surface area (Å²) in [6, 6.07) is 9.87. The van der Waals surface area contributed by atoms with E-state index in [2.05, 4.69) is 9.55 Å². The van der Waals surface area contributed by atoms with Gasteiger partial charge in [0.2, 0.25) is 0 Å². The number of methoxy groups -OCH3 is 1. The fourth-order valence-electron chi connectivity index (χ4n) is 2.94. The highest BCUT2D eigenvalue weighted by Gasteiger charge is 2.20. The van der Waals surface area contributed by atoms with Crippen LogP contribution in [0.25, 0.3) is 28.0 Å². The Kier molecular flexibility index (Phi) is 2.69. The Morgan fingerprint density at radius 2 is 2.14 bits per heavy atom. The first-order chi connectivity index (χ1) is 10.7. The van der Waals surface area contributed by atoms with Gasteiger partial charge in [0, 0.05) is 17.0 Å². The number of fused-ring (bicyclic) bond motifs is 3. The SMILES string of the molecule is COC(=O)c1cc2c3ccccc3n3c2c(n1)COC(C)=C3. The number of pyridine rings is 1. The molecule has 5 heteroatoms. The maximum absolute atomic E-state index is 11.9. The maximum Gasteiger partial charge on any atom is 0.356 e. The first kappa shape index (κ1) is 12.9. The first-order valence-corrected chi connectivity index (χ1v) is 7.01. The second-order valence-corrected chi connectivity index (χ2v) is 5.26. The predicted molar refractivity (Wildman–Crippen MR) is 83.3 cm³/mol. The van der Waals surface area contributed by atoms with Gasteiger partial charge in [-0.05, 0) is 19.1 Å². The Hall–Kier alpha value is -2.82. The lowest BCUT2D eigenvalue weighted by atomic mass is 10.1. The summed E-state index contributed by atoms with van der Waals surface area (Å²) in [5, 5.41) is 2.06. The van der Waals surface area contributed by atoms with Crippen molar-refractivity contribution in [3.8, 4) is 0 Å². The number of hydrogen-bond donors (Lipinski definition) is 0. The third-order valence-corrected chi connectivity index (χ3v) is 3.90. The number of nitrogens with zero attached hydrogens (tertiary/aromatic N) is 2. The van der Waals surface area contributed by atoms with Gasteiger partial charge >= 0.3 is 5.97 Å². The van der Waals surface area contributed by atoms with Crippen molar-refractivity contribution in [1.29, 1.82) is 0 Å². The molecular formula is C17H14N2O3. The summed E-state index contributed by atoms with van der Waals surface area (Å²) in [7, 11) is 1.36. The zero-order valence-corrected chi connectivity index (χ0v) is 12.3. The molecule has 0 bridgehead atoms. The fraction of sp³-hybridized carbons (Fsp3) is 0.176. The number of esters is 1. The van der Waals surface area contributed by atoms with Crippen LogP contribution in [0.1, 0.15) is 23.1 Å². The molecule has 0 atom stereocenters. The van der Waals surface area contributed by atoms with Gasteiger partial charge in [0.25, 0.3) is 0 Å². The van der Waals surface area contributed by atoms with E-state index >= 15 is 0 Å². The molecule has 5 nitrogen and oxygen atoms in total. The van der Waals surface area contributed by atoms with Gasteiger partial charge in [0.15, 0.2) is 0 Å². The third-order valence-electron chi connectivity index (χ3n) is 3.90. The van der Waals surface area contributed by atoms with E-state index < -0.39 is 5.97 Å². The molecule has 0 spiro atoms. The smallest absolute Gasteiger partial charge is 0.356 e. The minimum absolute atomic E-state index is 0.302. The van der Waals surface area contributed by atoms with Crippen LogP contribution in [0.2, 0.25) is 0 Å². The van der Waals surface area contributed by atoms with E-state index in [0.29, 0.717) is 12.3 Å². The third kappa shape index (κ3) is 1.72. The van der Waals surface area contributed by atoms with Crippen molar-refractivity contribution >= 4 is 34.0 Å². The summed E-state index contributed by atoms with van der Waals surface area (Å²) in [5.74, 6) is 0.365. The molecule has 2 aromatic heterocycles. The van der Waals surface area contributed by atoms with E-state index in [9.17, 15) is 4.79 Å². The maximum atomic E-state index is 11.9. The molecule has 3 aromatic rings. The number of carbonyl (C=O) groups is 1. The van der Waals surface area contributed by atoms with Crippen molar-refractivity contribution in [1.82, 2.24) is 9.55 Å². The standard InChI is InChI=1S/C17H14N2O3/c1-10-8-19-15-6-4-3-5-11(15)12-7-13(17(20)21-2)18-14(9-22-10)16(12)19/h3-8H,9H2,1-2H3. The monoisotopic (exact) mass is 294 g/mol. The van der Waals surface area contributed by atoms with Crippen LogP contribution in [-0.4, -0.2) is 22.6 Å².